The van der Waals surface area contributed by atoms with Crippen LogP contribution in [0.5, 0.6) is 0 Å². The van der Waals surface area contributed by atoms with Crippen molar-refractivity contribution in [2.24, 2.45) is 0 Å². The van der Waals surface area contributed by atoms with Crippen LogP contribution in [-0.2, 0) is 0 Å². The molecule has 51 valence electrons. The standard InChI is InChI=1S/C3H9P.BO2.Ca.H2O/c1-4(2)3;2-1-3;;/h1-3H3;;;1H2/q;-2;+2;. The third kappa shape index (κ3) is 210. The second kappa shape index (κ2) is 22.6. The Hall–Kier alpha value is 1.63. The molecule has 0 unspecified atom stereocenters. The second-order valence-corrected chi connectivity index (χ2v) is 4.12. The van der Waals surface area contributed by atoms with Crippen LogP contribution >= 0.6 is 7.92 Å². The Morgan fingerprint density at radius 2 is 1.11 bits per heavy atom. The average Bonchev–Trinajstić information content (AvgIpc) is 1.33. The monoisotopic (exact) mass is 177 g/mol. The topological polar surface area (TPSA) is 77.6 Å². The van der Waals surface area contributed by atoms with Gasteiger partial charge in [-0.15, -0.1) is 7.92 Å². The van der Waals surface area contributed by atoms with Crippen molar-refractivity contribution >= 4 is 53.3 Å². The molecule has 3 nitrogen and oxygen atoms in total. The van der Waals surface area contributed by atoms with Crippen LogP contribution < -0.4 is 10.0 Å². The zero-order chi connectivity index (χ0) is 6.28. The molecule has 6 heteroatoms. The van der Waals surface area contributed by atoms with E-state index in [0.717, 1.165) is 0 Å². The van der Waals surface area contributed by atoms with Gasteiger partial charge in [0.1, 0.15) is 0 Å². The van der Waals surface area contributed by atoms with Gasteiger partial charge in [0.25, 0.3) is 0 Å². The maximum atomic E-state index is 8.25. The molecule has 0 saturated heterocycles. The Kier molecular flexibility index (Phi) is 56.4. The number of hydrogen-bond donors (Lipinski definition) is 0. The summed E-state index contributed by atoms with van der Waals surface area (Å²) in [5.41, 5.74) is 0. The molecule has 0 aliphatic carbocycles. The van der Waals surface area contributed by atoms with Crippen molar-refractivity contribution < 1.29 is 15.5 Å². The average molecular weight is 177 g/mol. The van der Waals surface area contributed by atoms with Gasteiger partial charge >= 0.3 is 37.7 Å². The Labute approximate surface area is 88.2 Å². The first-order valence-electron chi connectivity index (χ1n) is 1.81. The quantitative estimate of drug-likeness (QED) is 0.300. The molecule has 9 heavy (non-hydrogen) atoms. The van der Waals surface area contributed by atoms with E-state index in [0.29, 0.717) is 7.92 Å². The summed E-state index contributed by atoms with van der Waals surface area (Å²) >= 11 is 0. The van der Waals surface area contributed by atoms with Crippen molar-refractivity contribution in [3.8, 4) is 0 Å². The summed E-state index contributed by atoms with van der Waals surface area (Å²) in [6.07, 6.45) is 0. The van der Waals surface area contributed by atoms with Gasteiger partial charge in [-0.3, -0.25) is 0 Å². The first kappa shape index (κ1) is 22.4. The number of hydrogen-bond acceptors (Lipinski definition) is 2. The smallest absolute Gasteiger partial charge is 0.900 e. The van der Waals surface area contributed by atoms with Gasteiger partial charge in [-0.1, -0.05) is 0 Å². The molecule has 0 bridgehead atoms. The van der Waals surface area contributed by atoms with E-state index >= 15 is 0 Å². The minimum absolute atomic E-state index is 0. The van der Waals surface area contributed by atoms with Gasteiger partial charge in [0.2, 0.25) is 0 Å². The summed E-state index contributed by atoms with van der Waals surface area (Å²) in [5, 5.41) is 16.5. The molecule has 0 aliphatic rings. The SMILES string of the molecule is CP(C)C.O.[Ca+2].[O-][B][O-]. The fourth-order valence-corrected chi connectivity index (χ4v) is 0. The Balaban J connectivity index is -0.0000000233. The predicted octanol–water partition coefficient (Wildman–Crippen LogP) is -2.61. The van der Waals surface area contributed by atoms with Crippen LogP contribution in [0.25, 0.3) is 0 Å². The van der Waals surface area contributed by atoms with Crippen molar-refractivity contribution in [3.05, 3.63) is 0 Å². The molecular weight excluding hydrogens is 166 g/mol. The third-order valence-electron chi connectivity index (χ3n) is 0. The molecule has 0 atom stereocenters. The summed E-state index contributed by atoms with van der Waals surface area (Å²) in [5.74, 6) is 0. The molecule has 0 heterocycles. The Morgan fingerprint density at radius 3 is 1.11 bits per heavy atom. The van der Waals surface area contributed by atoms with E-state index in [4.69, 9.17) is 10.0 Å². The largest absolute Gasteiger partial charge is 2.00 e. The summed E-state index contributed by atoms with van der Waals surface area (Å²) in [6.45, 7) is 6.69. The van der Waals surface area contributed by atoms with Crippen LogP contribution in [0.4, 0.5) is 0 Å². The van der Waals surface area contributed by atoms with E-state index in [1.807, 2.05) is 0 Å². The first-order valence-corrected chi connectivity index (χ1v) is 4.50. The zero-order valence-corrected chi connectivity index (χ0v) is 9.15. The molecule has 0 rings (SSSR count). The van der Waals surface area contributed by atoms with Gasteiger partial charge in [0, 0.05) is 0 Å². The van der Waals surface area contributed by atoms with Crippen molar-refractivity contribution in [2.45, 2.75) is 0 Å². The third-order valence-corrected chi connectivity index (χ3v) is 0. The zero-order valence-electron chi connectivity index (χ0n) is 6.05. The molecular formula is C3H11BCaO3P. The second-order valence-electron chi connectivity index (χ2n) is 1.44. The first-order chi connectivity index (χ1) is 3.15. The van der Waals surface area contributed by atoms with Crippen molar-refractivity contribution in [2.75, 3.05) is 20.0 Å². The summed E-state index contributed by atoms with van der Waals surface area (Å²) in [6, 6.07) is 0. The molecule has 0 spiro atoms. The van der Waals surface area contributed by atoms with Crippen LogP contribution in [0, 0.1) is 0 Å². The number of rotatable bonds is 0. The summed E-state index contributed by atoms with van der Waals surface area (Å²) in [7, 11) is -0.120. The molecule has 0 aromatic carbocycles. The van der Waals surface area contributed by atoms with Crippen LogP contribution in [0.15, 0.2) is 0 Å². The molecule has 2 N–H and O–H groups in total. The van der Waals surface area contributed by atoms with E-state index in [-0.39, 0.29) is 43.2 Å². The van der Waals surface area contributed by atoms with Crippen LogP contribution in [-0.4, -0.2) is 70.9 Å². The van der Waals surface area contributed by atoms with Gasteiger partial charge in [-0.2, -0.15) is 0 Å². The van der Waals surface area contributed by atoms with E-state index in [1.165, 1.54) is 0 Å². The molecule has 0 aliphatic heterocycles. The maximum Gasteiger partial charge on any atom is 2.00 e. The van der Waals surface area contributed by atoms with E-state index in [2.05, 4.69) is 20.0 Å². The fraction of sp³-hybridized carbons (Fsp3) is 1.00. The predicted molar refractivity (Wildman–Crippen MR) is 39.8 cm³/mol. The van der Waals surface area contributed by atoms with E-state index in [9.17, 15) is 0 Å². The van der Waals surface area contributed by atoms with E-state index in [1.54, 1.807) is 0 Å². The summed E-state index contributed by atoms with van der Waals surface area (Å²) < 4.78 is 0. The molecule has 0 saturated carbocycles. The molecule has 1 radical (unpaired) electrons. The minimum Gasteiger partial charge on any atom is -0.900 e. The Morgan fingerprint density at radius 1 is 1.11 bits per heavy atom. The van der Waals surface area contributed by atoms with Crippen molar-refractivity contribution in [1.82, 2.24) is 0 Å². The minimum atomic E-state index is -0.500. The Bertz CT molecular complexity index is 30.3. The summed E-state index contributed by atoms with van der Waals surface area (Å²) in [4.78, 5) is 0. The van der Waals surface area contributed by atoms with Crippen molar-refractivity contribution in [3.63, 3.8) is 0 Å². The maximum absolute atomic E-state index is 8.25. The van der Waals surface area contributed by atoms with Crippen LogP contribution in [0.3, 0.4) is 0 Å². The van der Waals surface area contributed by atoms with Crippen molar-refractivity contribution in [1.29, 1.82) is 0 Å². The molecule has 0 aromatic heterocycles. The van der Waals surface area contributed by atoms with Gasteiger partial charge < -0.3 is 15.5 Å². The molecule has 0 aromatic rings. The molecule has 0 fully saturated rings. The van der Waals surface area contributed by atoms with Crippen LogP contribution in [0.1, 0.15) is 0 Å². The van der Waals surface area contributed by atoms with Gasteiger partial charge in [0.05, 0.1) is 0 Å². The molecule has 0 amide bonds. The normalized spacial score (nSPS) is 5.56. The van der Waals surface area contributed by atoms with Crippen LogP contribution in [0.2, 0.25) is 0 Å². The van der Waals surface area contributed by atoms with E-state index < -0.39 is 7.69 Å². The fourth-order valence-electron chi connectivity index (χ4n) is 0. The van der Waals surface area contributed by atoms with Gasteiger partial charge in [-0.25, -0.2) is 7.69 Å². The van der Waals surface area contributed by atoms with Gasteiger partial charge in [-0.05, 0) is 20.0 Å². The van der Waals surface area contributed by atoms with Gasteiger partial charge in [0.15, 0.2) is 0 Å².